The van der Waals surface area contributed by atoms with E-state index < -0.39 is 36.2 Å². The number of nitrogens with two attached hydrogens (primary N) is 1. The predicted octanol–water partition coefficient (Wildman–Crippen LogP) is 2.72. The van der Waals surface area contributed by atoms with E-state index in [1.54, 1.807) is 31.0 Å². The Labute approximate surface area is 212 Å². The minimum Gasteiger partial charge on any atom is -0.442 e. The molecule has 202 valence electrons. The summed E-state index contributed by atoms with van der Waals surface area (Å²) in [7, 11) is 1.75. The van der Waals surface area contributed by atoms with Crippen LogP contribution in [0.4, 0.5) is 39.4 Å². The molecule has 2 amide bonds. The summed E-state index contributed by atoms with van der Waals surface area (Å²) in [4.78, 5) is 25.8. The molecule has 1 atom stereocenters. The van der Waals surface area contributed by atoms with E-state index in [0.717, 1.165) is 22.6 Å². The van der Waals surface area contributed by atoms with Crippen molar-refractivity contribution < 1.29 is 31.9 Å². The quantitative estimate of drug-likeness (QED) is 0.222. The van der Waals surface area contributed by atoms with Crippen LogP contribution in [-0.2, 0) is 16.1 Å². The van der Waals surface area contributed by atoms with E-state index in [0.29, 0.717) is 31.9 Å². The van der Waals surface area contributed by atoms with Crippen LogP contribution < -0.4 is 26.3 Å². The molecule has 0 bridgehead atoms. The highest BCUT2D eigenvalue weighted by atomic mass is 19.3. The lowest BCUT2D eigenvalue weighted by Crippen LogP contribution is -2.41. The van der Waals surface area contributed by atoms with Crippen LogP contribution >= 0.6 is 0 Å². The van der Waals surface area contributed by atoms with Crippen LogP contribution in [0.1, 0.15) is 12.5 Å². The Hall–Kier alpha value is -3.58. The molecule has 2 aromatic rings. The van der Waals surface area contributed by atoms with E-state index in [-0.39, 0.29) is 24.5 Å². The average molecular weight is 527 g/mol. The van der Waals surface area contributed by atoms with Crippen molar-refractivity contribution in [2.45, 2.75) is 26.0 Å². The highest BCUT2D eigenvalue weighted by Gasteiger charge is 2.34. The Bertz CT molecular complexity index is 1070. The molecule has 0 unspecified atom stereocenters. The highest BCUT2D eigenvalue weighted by Crippen LogP contribution is 2.31. The standard InChI is InChI=1S/C24H30F4N6O3/c1-3-32(8-9-33(30-2)13-15-4-6-16(29)7-5-15)21-19(25)10-17(11-20(21)26)34-14-18(37-24(34)36)12-31-23(35)22(27)28/h4-7,10-11,18,22,30H,3,8-9,12-14,29H2,1-2H3,(H,31,35)/t18-/m0/s1. The van der Waals surface area contributed by atoms with Crippen molar-refractivity contribution in [3.05, 3.63) is 53.6 Å². The molecule has 0 saturated carbocycles. The summed E-state index contributed by atoms with van der Waals surface area (Å²) in [6.07, 6.45) is -5.05. The first kappa shape index (κ1) is 28.0. The van der Waals surface area contributed by atoms with Gasteiger partial charge in [0, 0.05) is 44.0 Å². The molecule has 13 heteroatoms. The zero-order valence-corrected chi connectivity index (χ0v) is 20.5. The molecule has 4 N–H and O–H groups in total. The number of benzene rings is 2. The number of rotatable bonds is 12. The van der Waals surface area contributed by atoms with Crippen molar-refractivity contribution in [3.8, 4) is 0 Å². The zero-order chi connectivity index (χ0) is 27.1. The maximum Gasteiger partial charge on any atom is 0.414 e. The third-order valence-corrected chi connectivity index (χ3v) is 5.90. The molecule has 9 nitrogen and oxygen atoms in total. The second kappa shape index (κ2) is 12.6. The second-order valence-corrected chi connectivity index (χ2v) is 8.39. The van der Waals surface area contributed by atoms with Gasteiger partial charge in [-0.1, -0.05) is 12.1 Å². The summed E-state index contributed by atoms with van der Waals surface area (Å²) in [5, 5.41) is 3.85. The van der Waals surface area contributed by atoms with Gasteiger partial charge in [-0.2, -0.15) is 8.78 Å². The molecule has 0 spiro atoms. The third-order valence-electron chi connectivity index (χ3n) is 5.90. The lowest BCUT2D eigenvalue weighted by atomic mass is 10.2. The number of hydrogen-bond donors (Lipinski definition) is 3. The van der Waals surface area contributed by atoms with Gasteiger partial charge in [0.25, 0.3) is 5.91 Å². The van der Waals surface area contributed by atoms with Gasteiger partial charge in [-0.25, -0.2) is 18.6 Å². The molecule has 37 heavy (non-hydrogen) atoms. The minimum absolute atomic E-state index is 0.0808. The minimum atomic E-state index is -3.21. The van der Waals surface area contributed by atoms with Crippen molar-refractivity contribution in [1.82, 2.24) is 15.8 Å². The fourth-order valence-corrected chi connectivity index (χ4v) is 3.92. The van der Waals surface area contributed by atoms with E-state index in [4.69, 9.17) is 10.5 Å². The van der Waals surface area contributed by atoms with Crippen LogP contribution in [0.25, 0.3) is 0 Å². The molecule has 1 aliphatic rings. The fourth-order valence-electron chi connectivity index (χ4n) is 3.92. The summed E-state index contributed by atoms with van der Waals surface area (Å²) in [5.74, 6) is -3.23. The van der Waals surface area contributed by atoms with Crippen LogP contribution in [-0.4, -0.2) is 69.3 Å². The Kier molecular flexibility index (Phi) is 9.53. The van der Waals surface area contributed by atoms with Gasteiger partial charge in [0.1, 0.15) is 11.8 Å². The molecular formula is C24H30F4N6O3. The maximum absolute atomic E-state index is 15.1. The number of cyclic esters (lactones) is 1. The van der Waals surface area contributed by atoms with E-state index in [1.165, 1.54) is 0 Å². The number of hydrazine groups is 1. The molecule has 0 aliphatic carbocycles. The van der Waals surface area contributed by atoms with Gasteiger partial charge >= 0.3 is 12.5 Å². The number of nitrogen functional groups attached to an aromatic ring is 1. The number of anilines is 3. The third kappa shape index (κ3) is 7.23. The SMILES string of the molecule is CCN(CCN(Cc1ccc(N)cc1)NC)c1c(F)cc(N2C[C@H](CNC(=O)C(F)F)OC2=O)cc1F. The first-order valence-electron chi connectivity index (χ1n) is 11.7. The number of nitrogens with one attached hydrogen (secondary N) is 2. The van der Waals surface area contributed by atoms with E-state index in [9.17, 15) is 18.4 Å². The van der Waals surface area contributed by atoms with Crippen LogP contribution in [0.15, 0.2) is 36.4 Å². The molecule has 3 rings (SSSR count). The summed E-state index contributed by atoms with van der Waals surface area (Å²) < 4.78 is 59.9. The second-order valence-electron chi connectivity index (χ2n) is 8.39. The highest BCUT2D eigenvalue weighted by molar-refractivity contribution is 5.90. The average Bonchev–Trinajstić information content (AvgIpc) is 3.24. The smallest absolute Gasteiger partial charge is 0.414 e. The molecule has 1 heterocycles. The Morgan fingerprint density at radius 2 is 1.84 bits per heavy atom. The predicted molar refractivity (Wildman–Crippen MR) is 131 cm³/mol. The summed E-state index contributed by atoms with van der Waals surface area (Å²) >= 11 is 0. The normalized spacial score (nSPS) is 15.4. The van der Waals surface area contributed by atoms with Gasteiger partial charge in [0.15, 0.2) is 11.6 Å². The van der Waals surface area contributed by atoms with Gasteiger partial charge in [-0.15, -0.1) is 0 Å². The van der Waals surface area contributed by atoms with Gasteiger partial charge < -0.3 is 20.7 Å². The van der Waals surface area contributed by atoms with Gasteiger partial charge in [-0.3, -0.25) is 15.1 Å². The van der Waals surface area contributed by atoms with Crippen molar-refractivity contribution >= 4 is 29.1 Å². The van der Waals surface area contributed by atoms with Crippen LogP contribution in [0.3, 0.4) is 0 Å². The lowest BCUT2D eigenvalue weighted by molar-refractivity contribution is -0.132. The van der Waals surface area contributed by atoms with Crippen molar-refractivity contribution in [3.63, 3.8) is 0 Å². The number of alkyl halides is 2. The number of halogens is 4. The number of likely N-dealkylation sites (N-methyl/N-ethyl adjacent to an activating group) is 1. The molecule has 0 radical (unpaired) electrons. The topological polar surface area (TPSA) is 103 Å². The summed E-state index contributed by atoms with van der Waals surface area (Å²) in [6.45, 7) is 2.87. The number of hydrogen-bond acceptors (Lipinski definition) is 7. The van der Waals surface area contributed by atoms with Crippen LogP contribution in [0.2, 0.25) is 0 Å². The van der Waals surface area contributed by atoms with Gasteiger partial charge in [0.2, 0.25) is 0 Å². The Morgan fingerprint density at radius 3 is 2.41 bits per heavy atom. The van der Waals surface area contributed by atoms with Gasteiger partial charge in [-0.05, 0) is 31.7 Å². The molecule has 2 aromatic carbocycles. The van der Waals surface area contributed by atoms with E-state index in [2.05, 4.69) is 5.43 Å². The van der Waals surface area contributed by atoms with Crippen molar-refractivity contribution in [2.24, 2.45) is 0 Å². The summed E-state index contributed by atoms with van der Waals surface area (Å²) in [5.41, 5.74) is 10.1. The van der Waals surface area contributed by atoms with Crippen LogP contribution in [0.5, 0.6) is 0 Å². The Morgan fingerprint density at radius 1 is 1.19 bits per heavy atom. The molecular weight excluding hydrogens is 496 g/mol. The number of ether oxygens (including phenoxy) is 1. The number of nitrogens with zero attached hydrogens (tertiary/aromatic N) is 3. The lowest BCUT2D eigenvalue weighted by Gasteiger charge is -2.29. The Balaban J connectivity index is 1.66. The van der Waals surface area contributed by atoms with Gasteiger partial charge in [0.05, 0.1) is 18.8 Å². The van der Waals surface area contributed by atoms with E-state index >= 15 is 8.78 Å². The van der Waals surface area contributed by atoms with Crippen molar-refractivity contribution in [2.75, 3.05) is 55.3 Å². The largest absolute Gasteiger partial charge is 0.442 e. The molecule has 0 aromatic heterocycles. The molecule has 1 aliphatic heterocycles. The summed E-state index contributed by atoms with van der Waals surface area (Å²) in [6, 6.07) is 9.43. The maximum atomic E-state index is 15.1. The van der Waals surface area contributed by atoms with E-state index in [1.807, 2.05) is 22.5 Å². The fraction of sp³-hybridized carbons (Fsp3) is 0.417. The number of carbonyl (C=O) groups excluding carboxylic acids is 2. The zero-order valence-electron chi connectivity index (χ0n) is 20.5. The number of amides is 2. The number of carbonyl (C=O) groups is 2. The van der Waals surface area contributed by atoms with Crippen LogP contribution in [0, 0.1) is 11.6 Å². The first-order chi connectivity index (χ1) is 17.6. The molecule has 1 saturated heterocycles. The monoisotopic (exact) mass is 526 g/mol. The first-order valence-corrected chi connectivity index (χ1v) is 11.7. The molecule has 1 fully saturated rings. The van der Waals surface area contributed by atoms with Crippen molar-refractivity contribution in [1.29, 1.82) is 0 Å².